The highest BCUT2D eigenvalue weighted by atomic mass is 32.2. The van der Waals surface area contributed by atoms with Gasteiger partial charge in [0.25, 0.3) is 0 Å². The summed E-state index contributed by atoms with van der Waals surface area (Å²) in [5.74, 6) is -0.0529. The van der Waals surface area contributed by atoms with E-state index in [2.05, 4.69) is 4.98 Å². The zero-order valence-corrected chi connectivity index (χ0v) is 14.2. The van der Waals surface area contributed by atoms with Crippen molar-refractivity contribution in [2.45, 2.75) is 37.0 Å². The Labute approximate surface area is 148 Å². The normalized spacial score (nSPS) is 27.6. The minimum absolute atomic E-state index is 0.334. The number of aliphatic carboxylic acids is 1. The van der Waals surface area contributed by atoms with Crippen LogP contribution in [-0.2, 0) is 9.53 Å². The number of imidazole rings is 1. The summed E-state index contributed by atoms with van der Waals surface area (Å²) in [6.07, 6.45) is -1.43. The van der Waals surface area contributed by atoms with Gasteiger partial charge in [-0.05, 0) is 24.3 Å². The predicted molar refractivity (Wildman–Crippen MR) is 93.2 cm³/mol. The van der Waals surface area contributed by atoms with Gasteiger partial charge in [-0.2, -0.15) is 11.8 Å². The van der Waals surface area contributed by atoms with E-state index in [1.807, 2.05) is 24.3 Å². The summed E-state index contributed by atoms with van der Waals surface area (Å²) in [6.45, 7) is 0. The lowest BCUT2D eigenvalue weighted by Crippen LogP contribution is -2.33. The quantitative estimate of drug-likeness (QED) is 0.510. The number of hydrogen-bond acceptors (Lipinski definition) is 7. The first-order valence-electron chi connectivity index (χ1n) is 7.98. The van der Waals surface area contributed by atoms with Crippen LogP contribution in [0.25, 0.3) is 11.0 Å². The SMILES string of the molecule is N[C@@H](CCSC[C@H]1O[C@@H](n2cnc3ccccc32)[C@H](O)[C@@H]1O)C(=O)O. The fraction of sp³-hybridized carbons (Fsp3) is 0.500. The Hall–Kier alpha value is -1.65. The highest BCUT2D eigenvalue weighted by molar-refractivity contribution is 7.99. The number of aliphatic hydroxyl groups excluding tert-OH is 2. The van der Waals surface area contributed by atoms with Crippen molar-refractivity contribution in [3.8, 4) is 0 Å². The van der Waals surface area contributed by atoms with Crippen LogP contribution >= 0.6 is 11.8 Å². The molecule has 1 aliphatic rings. The van der Waals surface area contributed by atoms with Gasteiger partial charge in [0, 0.05) is 5.75 Å². The smallest absolute Gasteiger partial charge is 0.320 e. The summed E-state index contributed by atoms with van der Waals surface area (Å²) >= 11 is 1.44. The molecule has 5 atom stereocenters. The van der Waals surface area contributed by atoms with Crippen LogP contribution in [0.1, 0.15) is 12.6 Å². The Bertz CT molecular complexity index is 739. The second kappa shape index (κ2) is 7.71. The highest BCUT2D eigenvalue weighted by Crippen LogP contribution is 2.33. The fourth-order valence-electron chi connectivity index (χ4n) is 2.81. The van der Waals surface area contributed by atoms with Crippen molar-refractivity contribution in [1.29, 1.82) is 0 Å². The number of para-hydroxylation sites is 2. The number of thioether (sulfide) groups is 1. The van der Waals surface area contributed by atoms with Crippen molar-refractivity contribution in [2.24, 2.45) is 5.73 Å². The van der Waals surface area contributed by atoms with Gasteiger partial charge in [-0.1, -0.05) is 12.1 Å². The van der Waals surface area contributed by atoms with E-state index in [1.165, 1.54) is 11.8 Å². The molecule has 0 spiro atoms. The Balaban J connectivity index is 1.60. The molecule has 8 nitrogen and oxygen atoms in total. The first-order chi connectivity index (χ1) is 12.0. The van der Waals surface area contributed by atoms with Crippen molar-refractivity contribution in [3.05, 3.63) is 30.6 Å². The third-order valence-electron chi connectivity index (χ3n) is 4.27. The molecule has 1 saturated heterocycles. The largest absolute Gasteiger partial charge is 0.480 e. The monoisotopic (exact) mass is 367 g/mol. The number of carboxylic acids is 1. The lowest BCUT2D eigenvalue weighted by molar-refractivity contribution is -0.138. The molecule has 0 bridgehead atoms. The fourth-order valence-corrected chi connectivity index (χ4v) is 3.91. The second-order valence-electron chi connectivity index (χ2n) is 6.00. The van der Waals surface area contributed by atoms with Crippen LogP contribution in [0.15, 0.2) is 30.6 Å². The number of hydrogen-bond donors (Lipinski definition) is 4. The molecule has 0 aliphatic carbocycles. The Morgan fingerprint density at radius 3 is 2.88 bits per heavy atom. The number of benzene rings is 1. The number of aromatic nitrogens is 2. The Morgan fingerprint density at radius 1 is 1.36 bits per heavy atom. The molecule has 0 saturated carbocycles. The summed E-state index contributed by atoms with van der Waals surface area (Å²) in [5.41, 5.74) is 7.06. The predicted octanol–water partition coefficient (Wildman–Crippen LogP) is 0.191. The minimum Gasteiger partial charge on any atom is -0.480 e. The summed E-state index contributed by atoms with van der Waals surface area (Å²) in [7, 11) is 0. The van der Waals surface area contributed by atoms with E-state index in [-0.39, 0.29) is 0 Å². The number of nitrogens with zero attached hydrogens (tertiary/aromatic N) is 2. The van der Waals surface area contributed by atoms with Gasteiger partial charge in [0.2, 0.25) is 0 Å². The van der Waals surface area contributed by atoms with E-state index in [9.17, 15) is 15.0 Å². The second-order valence-corrected chi connectivity index (χ2v) is 7.14. The van der Waals surface area contributed by atoms with Crippen LogP contribution in [0.3, 0.4) is 0 Å². The molecular formula is C16H21N3O5S. The van der Waals surface area contributed by atoms with Gasteiger partial charge in [0.1, 0.15) is 18.2 Å². The molecule has 3 rings (SSSR count). The summed E-state index contributed by atoms with van der Waals surface area (Å²) < 4.78 is 7.56. The number of aliphatic hydroxyl groups is 2. The Kier molecular flexibility index (Phi) is 5.60. The number of ether oxygens (including phenoxy) is 1. The van der Waals surface area contributed by atoms with Crippen LogP contribution < -0.4 is 5.73 Å². The van der Waals surface area contributed by atoms with E-state index in [1.54, 1.807) is 10.9 Å². The van der Waals surface area contributed by atoms with E-state index < -0.39 is 36.6 Å². The molecule has 1 aliphatic heterocycles. The van der Waals surface area contributed by atoms with E-state index in [0.717, 1.165) is 11.0 Å². The molecule has 9 heteroatoms. The topological polar surface area (TPSA) is 131 Å². The van der Waals surface area contributed by atoms with Crippen LogP contribution in [0, 0.1) is 0 Å². The van der Waals surface area contributed by atoms with Gasteiger partial charge >= 0.3 is 5.97 Å². The van der Waals surface area contributed by atoms with Crippen molar-refractivity contribution in [1.82, 2.24) is 9.55 Å². The third kappa shape index (κ3) is 3.80. The maximum absolute atomic E-state index is 10.7. The number of carboxylic acid groups (broad SMARTS) is 1. The standard InChI is InChI=1S/C16H21N3O5S/c17-9(16(22)23)5-6-25-7-12-13(20)14(21)15(24-12)19-8-18-10-3-1-2-4-11(10)19/h1-4,8-9,12-15,20-21H,5-7,17H2,(H,22,23)/t9-,12+,13+,14+,15+/m0/s1. The van der Waals surface area contributed by atoms with Gasteiger partial charge in [0.15, 0.2) is 6.23 Å². The molecule has 0 amide bonds. The van der Waals surface area contributed by atoms with Crippen molar-refractivity contribution >= 4 is 28.8 Å². The number of nitrogens with two attached hydrogens (primary N) is 1. The lowest BCUT2D eigenvalue weighted by atomic mass is 10.1. The van der Waals surface area contributed by atoms with Crippen LogP contribution in [0.5, 0.6) is 0 Å². The van der Waals surface area contributed by atoms with Crippen LogP contribution in [0.4, 0.5) is 0 Å². The molecule has 1 aromatic carbocycles. The number of rotatable bonds is 7. The molecule has 1 fully saturated rings. The zero-order chi connectivity index (χ0) is 18.0. The van der Waals surface area contributed by atoms with Gasteiger partial charge < -0.3 is 30.4 Å². The van der Waals surface area contributed by atoms with E-state index in [4.69, 9.17) is 15.6 Å². The zero-order valence-electron chi connectivity index (χ0n) is 13.4. The minimum atomic E-state index is -1.07. The number of carbonyl (C=O) groups is 1. The molecule has 5 N–H and O–H groups in total. The van der Waals surface area contributed by atoms with Gasteiger partial charge in [-0.25, -0.2) is 4.98 Å². The van der Waals surface area contributed by atoms with Crippen molar-refractivity contribution in [2.75, 3.05) is 11.5 Å². The molecular weight excluding hydrogens is 346 g/mol. The van der Waals surface area contributed by atoms with Gasteiger partial charge in [0.05, 0.1) is 23.5 Å². The first kappa shape index (κ1) is 18.2. The lowest BCUT2D eigenvalue weighted by Gasteiger charge is -2.17. The van der Waals surface area contributed by atoms with Crippen LogP contribution in [-0.4, -0.2) is 66.7 Å². The molecule has 2 aromatic rings. The van der Waals surface area contributed by atoms with E-state index >= 15 is 0 Å². The molecule has 2 heterocycles. The summed E-state index contributed by atoms with van der Waals surface area (Å²) in [5, 5.41) is 29.4. The van der Waals surface area contributed by atoms with Crippen molar-refractivity contribution < 1.29 is 24.9 Å². The first-order valence-corrected chi connectivity index (χ1v) is 9.14. The van der Waals surface area contributed by atoms with Gasteiger partial charge in [-0.15, -0.1) is 0 Å². The van der Waals surface area contributed by atoms with E-state index in [0.29, 0.717) is 17.9 Å². The Morgan fingerprint density at radius 2 is 2.12 bits per heavy atom. The van der Waals surface area contributed by atoms with Gasteiger partial charge in [-0.3, -0.25) is 4.79 Å². The average molecular weight is 367 g/mol. The molecule has 136 valence electrons. The maximum Gasteiger partial charge on any atom is 0.320 e. The maximum atomic E-state index is 10.7. The molecule has 1 aromatic heterocycles. The molecule has 25 heavy (non-hydrogen) atoms. The van der Waals surface area contributed by atoms with Crippen LogP contribution in [0.2, 0.25) is 0 Å². The third-order valence-corrected chi connectivity index (χ3v) is 5.35. The molecule has 0 radical (unpaired) electrons. The average Bonchev–Trinajstić information content (AvgIpc) is 3.14. The van der Waals surface area contributed by atoms with Crippen molar-refractivity contribution in [3.63, 3.8) is 0 Å². The summed E-state index contributed by atoms with van der Waals surface area (Å²) in [6, 6.07) is 6.60. The highest BCUT2D eigenvalue weighted by Gasteiger charge is 2.43. The molecule has 0 unspecified atom stereocenters. The summed E-state index contributed by atoms with van der Waals surface area (Å²) in [4.78, 5) is 15.0. The number of fused-ring (bicyclic) bond motifs is 1.